The van der Waals surface area contributed by atoms with Crippen molar-refractivity contribution in [2.75, 3.05) is 0 Å². The van der Waals surface area contributed by atoms with E-state index in [0.29, 0.717) is 16.0 Å². The molecule has 1 unspecified atom stereocenters. The maximum atomic E-state index is 10.0. The van der Waals surface area contributed by atoms with Gasteiger partial charge in [0.25, 0.3) is 0 Å². The maximum Gasteiger partial charge on any atom is 0.0807 e. The van der Waals surface area contributed by atoms with Gasteiger partial charge in [0.15, 0.2) is 0 Å². The van der Waals surface area contributed by atoms with E-state index in [9.17, 15) is 5.11 Å². The molecule has 1 aliphatic rings. The third-order valence-electron chi connectivity index (χ3n) is 3.10. The van der Waals surface area contributed by atoms with Crippen LogP contribution in [0.3, 0.4) is 0 Å². The van der Waals surface area contributed by atoms with Crippen molar-refractivity contribution in [1.29, 1.82) is 0 Å². The molecule has 1 aliphatic carbocycles. The van der Waals surface area contributed by atoms with Crippen molar-refractivity contribution in [2.45, 2.75) is 31.8 Å². The summed E-state index contributed by atoms with van der Waals surface area (Å²) in [5.74, 6) is 0.673. The standard InChI is InChI=1S/C12H14Cl2O/c13-9-4-5-10(11(14)7-9)12(15)6-8-2-1-3-8/h4-5,7-8,12,15H,1-3,6H2. The molecular formula is C12H14Cl2O. The smallest absolute Gasteiger partial charge is 0.0807 e. The van der Waals surface area contributed by atoms with Gasteiger partial charge in [0.1, 0.15) is 0 Å². The Balaban J connectivity index is 2.06. The topological polar surface area (TPSA) is 20.2 Å². The maximum absolute atomic E-state index is 10.0. The Labute approximate surface area is 100 Å². The quantitative estimate of drug-likeness (QED) is 0.845. The van der Waals surface area contributed by atoms with E-state index in [2.05, 4.69) is 0 Å². The fourth-order valence-electron chi connectivity index (χ4n) is 1.94. The van der Waals surface area contributed by atoms with Crippen LogP contribution in [0.4, 0.5) is 0 Å². The van der Waals surface area contributed by atoms with Gasteiger partial charge in [-0.1, -0.05) is 48.5 Å². The van der Waals surface area contributed by atoms with Crippen molar-refractivity contribution >= 4 is 23.2 Å². The van der Waals surface area contributed by atoms with Crippen LogP contribution in [0.25, 0.3) is 0 Å². The summed E-state index contributed by atoms with van der Waals surface area (Å²) in [5, 5.41) is 11.2. The molecule has 0 aliphatic heterocycles. The second-order valence-corrected chi connectivity index (χ2v) is 5.06. The lowest BCUT2D eigenvalue weighted by molar-refractivity contribution is 0.118. The average Bonchev–Trinajstić information content (AvgIpc) is 2.11. The fraction of sp³-hybridized carbons (Fsp3) is 0.500. The molecule has 0 heterocycles. The number of hydrogen-bond acceptors (Lipinski definition) is 1. The molecule has 1 aromatic rings. The molecule has 1 N–H and O–H groups in total. The van der Waals surface area contributed by atoms with E-state index in [-0.39, 0.29) is 0 Å². The molecule has 1 nitrogen and oxygen atoms in total. The SMILES string of the molecule is OC(CC1CCC1)c1ccc(Cl)cc1Cl. The molecule has 0 radical (unpaired) electrons. The summed E-state index contributed by atoms with van der Waals surface area (Å²) in [5.41, 5.74) is 0.799. The summed E-state index contributed by atoms with van der Waals surface area (Å²) in [6, 6.07) is 5.27. The Morgan fingerprint density at radius 3 is 2.60 bits per heavy atom. The minimum Gasteiger partial charge on any atom is -0.388 e. The van der Waals surface area contributed by atoms with Crippen molar-refractivity contribution in [3.05, 3.63) is 33.8 Å². The third kappa shape index (κ3) is 2.66. The molecule has 0 aromatic heterocycles. The summed E-state index contributed by atoms with van der Waals surface area (Å²) in [7, 11) is 0. The van der Waals surface area contributed by atoms with Crippen LogP contribution in [0.5, 0.6) is 0 Å². The van der Waals surface area contributed by atoms with E-state index in [4.69, 9.17) is 23.2 Å². The van der Waals surface area contributed by atoms with Gasteiger partial charge in [-0.3, -0.25) is 0 Å². The number of rotatable bonds is 3. The molecule has 3 heteroatoms. The summed E-state index contributed by atoms with van der Waals surface area (Å²) in [4.78, 5) is 0. The van der Waals surface area contributed by atoms with Crippen LogP contribution in [0.2, 0.25) is 10.0 Å². The molecule has 0 spiro atoms. The monoisotopic (exact) mass is 244 g/mol. The van der Waals surface area contributed by atoms with Crippen LogP contribution in [-0.2, 0) is 0 Å². The highest BCUT2D eigenvalue weighted by Gasteiger charge is 2.22. The zero-order valence-corrected chi connectivity index (χ0v) is 9.93. The first kappa shape index (κ1) is 11.3. The van der Waals surface area contributed by atoms with Gasteiger partial charge in [-0.25, -0.2) is 0 Å². The predicted molar refractivity (Wildman–Crippen MR) is 63.4 cm³/mol. The normalized spacial score (nSPS) is 18.6. The van der Waals surface area contributed by atoms with Crippen molar-refractivity contribution in [2.24, 2.45) is 5.92 Å². The molecule has 0 saturated heterocycles. The highest BCUT2D eigenvalue weighted by molar-refractivity contribution is 6.35. The molecule has 2 rings (SSSR count). The molecular weight excluding hydrogens is 231 g/mol. The third-order valence-corrected chi connectivity index (χ3v) is 3.67. The van der Waals surface area contributed by atoms with Crippen LogP contribution in [0.15, 0.2) is 18.2 Å². The first-order valence-corrected chi connectivity index (χ1v) is 6.05. The molecule has 1 fully saturated rings. The number of hydrogen-bond donors (Lipinski definition) is 1. The minimum absolute atomic E-state index is 0.444. The van der Waals surface area contributed by atoms with Gasteiger partial charge in [0, 0.05) is 10.0 Å². The van der Waals surface area contributed by atoms with E-state index in [0.717, 1.165) is 12.0 Å². The predicted octanol–water partition coefficient (Wildman–Crippen LogP) is 4.22. The van der Waals surface area contributed by atoms with Gasteiger partial charge in [-0.15, -0.1) is 0 Å². The van der Waals surface area contributed by atoms with Crippen molar-refractivity contribution in [1.82, 2.24) is 0 Å². The first-order valence-electron chi connectivity index (χ1n) is 5.30. The molecule has 1 atom stereocenters. The highest BCUT2D eigenvalue weighted by Crippen LogP contribution is 2.36. The summed E-state index contributed by atoms with van der Waals surface area (Å²) in [6.45, 7) is 0. The van der Waals surface area contributed by atoms with Crippen molar-refractivity contribution < 1.29 is 5.11 Å². The van der Waals surface area contributed by atoms with Gasteiger partial charge >= 0.3 is 0 Å². The fourth-order valence-corrected chi connectivity index (χ4v) is 2.48. The number of aliphatic hydroxyl groups is 1. The summed E-state index contributed by atoms with van der Waals surface area (Å²) in [6.07, 6.45) is 4.15. The second kappa shape index (κ2) is 4.73. The zero-order chi connectivity index (χ0) is 10.8. The molecule has 15 heavy (non-hydrogen) atoms. The van der Waals surface area contributed by atoms with E-state index in [1.54, 1.807) is 12.1 Å². The van der Waals surface area contributed by atoms with E-state index < -0.39 is 6.10 Å². The molecule has 1 aromatic carbocycles. The van der Waals surface area contributed by atoms with Gasteiger partial charge in [-0.2, -0.15) is 0 Å². The largest absolute Gasteiger partial charge is 0.388 e. The molecule has 1 saturated carbocycles. The number of benzene rings is 1. The molecule has 0 amide bonds. The van der Waals surface area contributed by atoms with Crippen LogP contribution in [-0.4, -0.2) is 5.11 Å². The van der Waals surface area contributed by atoms with Gasteiger partial charge in [-0.05, 0) is 30.0 Å². The Hall–Kier alpha value is -0.240. The second-order valence-electron chi connectivity index (χ2n) is 4.21. The Morgan fingerprint density at radius 2 is 2.07 bits per heavy atom. The van der Waals surface area contributed by atoms with E-state index >= 15 is 0 Å². The van der Waals surface area contributed by atoms with Crippen LogP contribution in [0, 0.1) is 5.92 Å². The average molecular weight is 245 g/mol. The van der Waals surface area contributed by atoms with Crippen LogP contribution >= 0.6 is 23.2 Å². The minimum atomic E-state index is -0.444. The number of halogens is 2. The Bertz CT molecular complexity index is 347. The van der Waals surface area contributed by atoms with Gasteiger partial charge < -0.3 is 5.11 Å². The molecule has 82 valence electrons. The first-order chi connectivity index (χ1) is 7.16. The lowest BCUT2D eigenvalue weighted by atomic mass is 9.80. The Kier molecular flexibility index (Phi) is 3.55. The van der Waals surface area contributed by atoms with Gasteiger partial charge in [0.2, 0.25) is 0 Å². The zero-order valence-electron chi connectivity index (χ0n) is 8.42. The lowest BCUT2D eigenvalue weighted by Gasteiger charge is -2.27. The van der Waals surface area contributed by atoms with E-state index in [1.165, 1.54) is 19.3 Å². The lowest BCUT2D eigenvalue weighted by Crippen LogP contribution is -2.15. The van der Waals surface area contributed by atoms with Gasteiger partial charge in [0.05, 0.1) is 6.10 Å². The number of aliphatic hydroxyl groups excluding tert-OH is 1. The van der Waals surface area contributed by atoms with Crippen molar-refractivity contribution in [3.8, 4) is 0 Å². The van der Waals surface area contributed by atoms with Crippen molar-refractivity contribution in [3.63, 3.8) is 0 Å². The highest BCUT2D eigenvalue weighted by atomic mass is 35.5. The Morgan fingerprint density at radius 1 is 1.33 bits per heavy atom. The van der Waals surface area contributed by atoms with E-state index in [1.807, 2.05) is 6.07 Å². The van der Waals surface area contributed by atoms with Crippen LogP contribution < -0.4 is 0 Å². The summed E-state index contributed by atoms with van der Waals surface area (Å²) >= 11 is 11.8. The molecule has 0 bridgehead atoms. The van der Waals surface area contributed by atoms with Crippen LogP contribution in [0.1, 0.15) is 37.4 Å². The summed E-state index contributed by atoms with van der Waals surface area (Å²) < 4.78 is 0.